The van der Waals surface area contributed by atoms with Crippen molar-refractivity contribution in [2.24, 2.45) is 0 Å². The van der Waals surface area contributed by atoms with Crippen LogP contribution in [0.4, 0.5) is 0 Å². The molecule has 2 rings (SSSR count). The van der Waals surface area contributed by atoms with Gasteiger partial charge in [-0.05, 0) is 56.0 Å². The third-order valence-corrected chi connectivity index (χ3v) is 6.37. The Kier molecular flexibility index (Phi) is 9.92. The van der Waals surface area contributed by atoms with E-state index < -0.39 is 6.04 Å². The van der Waals surface area contributed by atoms with Gasteiger partial charge in [-0.2, -0.15) is 0 Å². The summed E-state index contributed by atoms with van der Waals surface area (Å²) in [6, 6.07) is 15.3. The molecule has 0 aliphatic rings. The first-order valence-electron chi connectivity index (χ1n) is 10.7. The lowest BCUT2D eigenvalue weighted by Crippen LogP contribution is -2.50. The minimum atomic E-state index is -0.563. The highest BCUT2D eigenvalue weighted by atomic mass is 32.2. The summed E-state index contributed by atoms with van der Waals surface area (Å²) in [6.07, 6.45) is 0.842. The van der Waals surface area contributed by atoms with Crippen molar-refractivity contribution in [3.8, 4) is 5.75 Å². The monoisotopic (exact) mass is 442 g/mol. The number of benzene rings is 2. The van der Waals surface area contributed by atoms with Crippen LogP contribution in [0.2, 0.25) is 0 Å². The zero-order valence-corrected chi connectivity index (χ0v) is 20.0. The van der Waals surface area contributed by atoms with Gasteiger partial charge in [0.25, 0.3) is 0 Å². The number of nitrogens with zero attached hydrogens (tertiary/aromatic N) is 1. The quantitative estimate of drug-likeness (QED) is 0.554. The van der Waals surface area contributed by atoms with Crippen LogP contribution < -0.4 is 10.1 Å². The largest absolute Gasteiger partial charge is 0.497 e. The van der Waals surface area contributed by atoms with Crippen LogP contribution in [0.15, 0.2) is 48.5 Å². The van der Waals surface area contributed by atoms with Gasteiger partial charge in [-0.3, -0.25) is 9.59 Å². The van der Waals surface area contributed by atoms with E-state index in [1.807, 2.05) is 50.2 Å². The second-order valence-corrected chi connectivity index (χ2v) is 8.77. The van der Waals surface area contributed by atoms with Gasteiger partial charge in [0, 0.05) is 18.3 Å². The maximum Gasteiger partial charge on any atom is 0.242 e. The molecule has 0 radical (unpaired) electrons. The highest BCUT2D eigenvalue weighted by Gasteiger charge is 2.26. The van der Waals surface area contributed by atoms with E-state index in [2.05, 4.69) is 24.4 Å². The zero-order chi connectivity index (χ0) is 22.8. The maximum atomic E-state index is 13.2. The molecule has 0 fully saturated rings. The van der Waals surface area contributed by atoms with Crippen molar-refractivity contribution < 1.29 is 14.3 Å². The van der Waals surface area contributed by atoms with Crippen LogP contribution >= 0.6 is 11.8 Å². The summed E-state index contributed by atoms with van der Waals surface area (Å²) in [5, 5.41) is 3.00. The van der Waals surface area contributed by atoms with E-state index in [9.17, 15) is 9.59 Å². The number of aryl methyl sites for hydroxylation is 1. The van der Waals surface area contributed by atoms with Gasteiger partial charge in [0.2, 0.25) is 11.8 Å². The van der Waals surface area contributed by atoms with Crippen molar-refractivity contribution in [1.29, 1.82) is 0 Å². The lowest BCUT2D eigenvalue weighted by Gasteiger charge is -2.29. The van der Waals surface area contributed by atoms with Gasteiger partial charge >= 0.3 is 0 Å². The number of carbonyl (C=O) groups excluding carboxylic acids is 2. The number of hydrogen-bond donors (Lipinski definition) is 1. The highest BCUT2D eigenvalue weighted by Crippen LogP contribution is 2.20. The molecule has 0 bridgehead atoms. The van der Waals surface area contributed by atoms with Crippen molar-refractivity contribution >= 4 is 23.6 Å². The second-order valence-electron chi connectivity index (χ2n) is 7.79. The molecule has 5 nitrogen and oxygen atoms in total. The first-order valence-corrected chi connectivity index (χ1v) is 11.9. The molecule has 2 unspecified atom stereocenters. The van der Waals surface area contributed by atoms with Crippen LogP contribution in [0.3, 0.4) is 0 Å². The number of rotatable bonds is 11. The molecule has 0 aliphatic carbocycles. The molecular weight excluding hydrogens is 408 g/mol. The minimum Gasteiger partial charge on any atom is -0.497 e. The van der Waals surface area contributed by atoms with Crippen LogP contribution in [-0.2, 0) is 21.9 Å². The van der Waals surface area contributed by atoms with Gasteiger partial charge in [-0.25, -0.2) is 0 Å². The molecular formula is C25H34N2O3S. The van der Waals surface area contributed by atoms with Gasteiger partial charge in [0.1, 0.15) is 11.8 Å². The number of carbonyl (C=O) groups is 2. The van der Waals surface area contributed by atoms with Crippen LogP contribution in [0.25, 0.3) is 0 Å². The van der Waals surface area contributed by atoms with E-state index in [-0.39, 0.29) is 17.9 Å². The summed E-state index contributed by atoms with van der Waals surface area (Å²) >= 11 is 1.58. The molecule has 1 N–H and O–H groups in total. The molecule has 2 aromatic carbocycles. The lowest BCUT2D eigenvalue weighted by atomic mass is 10.1. The van der Waals surface area contributed by atoms with Crippen molar-refractivity contribution in [1.82, 2.24) is 10.2 Å². The Labute approximate surface area is 190 Å². The first-order chi connectivity index (χ1) is 14.8. The minimum absolute atomic E-state index is 0.0480. The van der Waals surface area contributed by atoms with Gasteiger partial charge in [0.15, 0.2) is 0 Å². The highest BCUT2D eigenvalue weighted by molar-refractivity contribution is 7.99. The maximum absolute atomic E-state index is 13.2. The number of hydrogen-bond acceptors (Lipinski definition) is 4. The van der Waals surface area contributed by atoms with E-state index in [1.54, 1.807) is 30.7 Å². The summed E-state index contributed by atoms with van der Waals surface area (Å²) in [5.74, 6) is 1.64. The Morgan fingerprint density at radius 2 is 1.87 bits per heavy atom. The Hall–Kier alpha value is -2.47. The summed E-state index contributed by atoms with van der Waals surface area (Å²) in [4.78, 5) is 27.6. The summed E-state index contributed by atoms with van der Waals surface area (Å²) in [7, 11) is 1.62. The smallest absolute Gasteiger partial charge is 0.242 e. The van der Waals surface area contributed by atoms with Crippen molar-refractivity contribution in [3.63, 3.8) is 0 Å². The van der Waals surface area contributed by atoms with Crippen LogP contribution in [0.1, 0.15) is 43.9 Å². The fraction of sp³-hybridized carbons (Fsp3) is 0.440. The van der Waals surface area contributed by atoms with Crippen molar-refractivity contribution in [2.45, 2.75) is 58.5 Å². The van der Waals surface area contributed by atoms with Gasteiger partial charge < -0.3 is 15.0 Å². The van der Waals surface area contributed by atoms with Gasteiger partial charge in [0.05, 0.1) is 12.9 Å². The number of nitrogens with one attached hydrogen (secondary N) is 1. The zero-order valence-electron chi connectivity index (χ0n) is 19.2. The normalized spacial score (nSPS) is 12.7. The number of methoxy groups -OCH3 is 1. The molecule has 2 amide bonds. The van der Waals surface area contributed by atoms with E-state index in [0.717, 1.165) is 23.5 Å². The Balaban J connectivity index is 2.11. The molecule has 0 saturated carbocycles. The number of thioether (sulfide) groups is 1. The fourth-order valence-electron chi connectivity index (χ4n) is 3.12. The average Bonchev–Trinajstić information content (AvgIpc) is 2.78. The summed E-state index contributed by atoms with van der Waals surface area (Å²) < 4.78 is 5.31. The van der Waals surface area contributed by atoms with E-state index in [4.69, 9.17) is 4.74 Å². The third kappa shape index (κ3) is 7.62. The number of amides is 2. The third-order valence-electron chi connectivity index (χ3n) is 5.40. The standard InChI is InChI=1S/C25H34N2O3S/c1-6-19(3)26-25(29)20(4)27(15-21-11-9-13-23(14-21)30-5)24(28)17-31-16-22-12-8-7-10-18(22)2/h7-14,19-20H,6,15-17H2,1-5H3,(H,26,29). The van der Waals surface area contributed by atoms with E-state index >= 15 is 0 Å². The van der Waals surface area contributed by atoms with Crippen molar-refractivity contribution in [2.75, 3.05) is 12.9 Å². The molecule has 0 spiro atoms. The van der Waals surface area contributed by atoms with Crippen LogP contribution in [-0.4, -0.2) is 41.7 Å². The predicted octanol–water partition coefficient (Wildman–Crippen LogP) is 4.57. The first kappa shape index (κ1) is 24.8. The van der Waals surface area contributed by atoms with Gasteiger partial charge in [-0.15, -0.1) is 11.8 Å². The fourth-order valence-corrected chi connectivity index (χ4v) is 4.11. The molecule has 2 atom stereocenters. The molecule has 0 aliphatic heterocycles. The second kappa shape index (κ2) is 12.4. The molecule has 6 heteroatoms. The average molecular weight is 443 g/mol. The molecule has 2 aromatic rings. The topological polar surface area (TPSA) is 58.6 Å². The molecule has 31 heavy (non-hydrogen) atoms. The Morgan fingerprint density at radius 1 is 1.13 bits per heavy atom. The Morgan fingerprint density at radius 3 is 2.55 bits per heavy atom. The van der Waals surface area contributed by atoms with Crippen LogP contribution in [0.5, 0.6) is 5.75 Å². The molecule has 0 heterocycles. The predicted molar refractivity (Wildman–Crippen MR) is 128 cm³/mol. The summed E-state index contributed by atoms with van der Waals surface area (Å²) in [6.45, 7) is 8.22. The Bertz CT molecular complexity index is 871. The van der Waals surface area contributed by atoms with Crippen molar-refractivity contribution in [3.05, 3.63) is 65.2 Å². The van der Waals surface area contributed by atoms with E-state index in [1.165, 1.54) is 11.1 Å². The number of ether oxygens (including phenoxy) is 1. The molecule has 168 valence electrons. The molecule has 0 aromatic heterocycles. The van der Waals surface area contributed by atoms with E-state index in [0.29, 0.717) is 12.3 Å². The SMILES string of the molecule is CCC(C)NC(=O)C(C)N(Cc1cccc(OC)c1)C(=O)CSCc1ccccc1C. The van der Waals surface area contributed by atoms with Crippen LogP contribution in [0, 0.1) is 6.92 Å². The summed E-state index contributed by atoms with van der Waals surface area (Å²) in [5.41, 5.74) is 3.37. The lowest BCUT2D eigenvalue weighted by molar-refractivity contribution is -0.138. The molecule has 0 saturated heterocycles. The van der Waals surface area contributed by atoms with Gasteiger partial charge in [-0.1, -0.05) is 43.3 Å².